The highest BCUT2D eigenvalue weighted by atomic mass is 16.3. The third-order valence-electron chi connectivity index (χ3n) is 8.45. The Balaban J connectivity index is 1.49. The first-order valence-electron chi connectivity index (χ1n) is 10.0. The van der Waals surface area contributed by atoms with E-state index < -0.39 is 0 Å². The Kier molecular flexibility index (Phi) is 3.22. The summed E-state index contributed by atoms with van der Waals surface area (Å²) in [5.74, 6) is 3.11. The van der Waals surface area contributed by atoms with E-state index in [4.69, 9.17) is 4.42 Å². The summed E-state index contributed by atoms with van der Waals surface area (Å²) in [6.45, 7) is 5.16. The molecule has 1 aromatic heterocycles. The highest BCUT2D eigenvalue weighted by Gasteiger charge is 2.57. The van der Waals surface area contributed by atoms with Crippen LogP contribution in [0, 0.1) is 28.6 Å². The van der Waals surface area contributed by atoms with Crippen LogP contribution in [-0.4, -0.2) is 0 Å². The lowest BCUT2D eigenvalue weighted by molar-refractivity contribution is -0.0303. The van der Waals surface area contributed by atoms with Crippen LogP contribution in [0.15, 0.2) is 46.8 Å². The number of hydrogen-bond donors (Lipinski definition) is 0. The minimum Gasteiger partial charge on any atom is -0.472 e. The zero-order valence-corrected chi connectivity index (χ0v) is 15.1. The quantitative estimate of drug-likeness (QED) is 0.538. The summed E-state index contributed by atoms with van der Waals surface area (Å²) in [4.78, 5) is 0. The average molecular weight is 322 g/mol. The predicted molar refractivity (Wildman–Crippen MR) is 97.7 cm³/mol. The van der Waals surface area contributed by atoms with Gasteiger partial charge in [0.25, 0.3) is 0 Å². The normalized spacial score (nSPS) is 46.8. The molecule has 0 amide bonds. The molecule has 1 heterocycles. The molecule has 0 radical (unpaired) electrons. The van der Waals surface area contributed by atoms with Gasteiger partial charge in [-0.25, -0.2) is 0 Å². The van der Waals surface area contributed by atoms with E-state index in [-0.39, 0.29) is 0 Å². The van der Waals surface area contributed by atoms with E-state index in [9.17, 15) is 0 Å². The van der Waals surface area contributed by atoms with E-state index in [0.717, 1.165) is 17.8 Å². The molecule has 2 fully saturated rings. The van der Waals surface area contributed by atoms with Crippen LogP contribution >= 0.6 is 0 Å². The summed E-state index contributed by atoms with van der Waals surface area (Å²) in [7, 11) is 0. The molecule has 4 aliphatic rings. The molecule has 2 saturated carbocycles. The van der Waals surface area contributed by atoms with Crippen LogP contribution in [0.3, 0.4) is 0 Å². The molecule has 5 rings (SSSR count). The summed E-state index contributed by atoms with van der Waals surface area (Å²) in [5, 5.41) is 0. The molecule has 0 N–H and O–H groups in total. The fourth-order valence-corrected chi connectivity index (χ4v) is 7.15. The lowest BCUT2D eigenvalue weighted by atomic mass is 9.46. The molecule has 0 saturated heterocycles. The van der Waals surface area contributed by atoms with Gasteiger partial charge in [-0.05, 0) is 85.2 Å². The first kappa shape index (κ1) is 15.0. The molecule has 0 spiro atoms. The molecule has 0 aliphatic heterocycles. The maximum absolute atomic E-state index is 5.40. The molecule has 24 heavy (non-hydrogen) atoms. The first-order valence-corrected chi connectivity index (χ1v) is 10.0. The minimum absolute atomic E-state index is 0.400. The molecule has 1 aromatic rings. The van der Waals surface area contributed by atoms with E-state index in [0.29, 0.717) is 16.7 Å². The average Bonchev–Trinajstić information content (AvgIpc) is 3.20. The van der Waals surface area contributed by atoms with Crippen molar-refractivity contribution in [3.8, 4) is 0 Å². The largest absolute Gasteiger partial charge is 0.472 e. The molecule has 4 aliphatic carbocycles. The fourth-order valence-electron chi connectivity index (χ4n) is 7.15. The van der Waals surface area contributed by atoms with Crippen LogP contribution in [-0.2, 0) is 0 Å². The number of allylic oxidation sites excluding steroid dienone is 4. The molecule has 1 heteroatoms. The minimum atomic E-state index is 0.400. The van der Waals surface area contributed by atoms with Gasteiger partial charge in [-0.2, -0.15) is 0 Å². The summed E-state index contributed by atoms with van der Waals surface area (Å²) in [5.41, 5.74) is 4.10. The topological polar surface area (TPSA) is 13.1 Å². The van der Waals surface area contributed by atoms with Crippen LogP contribution in [0.2, 0.25) is 0 Å². The maximum Gasteiger partial charge on any atom is 0.0940 e. The molecule has 0 aromatic carbocycles. The molecule has 6 atom stereocenters. The zero-order valence-electron chi connectivity index (χ0n) is 15.1. The fraction of sp³-hybridized carbons (Fsp3) is 0.652. The standard InChI is InChI=1S/C23H30O/c1-22-12-4-3-5-17(22)6-7-18-20-9-8-19(16-11-14-24-15-16)23(20,2)13-10-21(18)22/h5,8-9,11,14-15,18-21H,3-4,6-7,10,12-13H2,1-2H3/t18-,19+,20-,21-,22-,23+/m0/s1. The van der Waals surface area contributed by atoms with Gasteiger partial charge in [-0.3, -0.25) is 0 Å². The zero-order chi connectivity index (χ0) is 16.4. The molecule has 1 nitrogen and oxygen atoms in total. The second kappa shape index (κ2) is 5.13. The highest BCUT2D eigenvalue weighted by molar-refractivity contribution is 5.33. The summed E-state index contributed by atoms with van der Waals surface area (Å²) in [6.07, 6.45) is 21.2. The van der Waals surface area contributed by atoms with Gasteiger partial charge >= 0.3 is 0 Å². The van der Waals surface area contributed by atoms with E-state index in [1.807, 2.05) is 18.1 Å². The van der Waals surface area contributed by atoms with Gasteiger partial charge in [0.05, 0.1) is 12.5 Å². The Morgan fingerprint density at radius 3 is 2.88 bits per heavy atom. The van der Waals surface area contributed by atoms with Crippen molar-refractivity contribution in [3.05, 3.63) is 48.0 Å². The Labute approximate surface area is 146 Å². The lowest BCUT2D eigenvalue weighted by Gasteiger charge is -2.58. The summed E-state index contributed by atoms with van der Waals surface area (Å²) in [6, 6.07) is 2.18. The van der Waals surface area contributed by atoms with Crippen LogP contribution < -0.4 is 0 Å². The number of rotatable bonds is 1. The first-order chi connectivity index (χ1) is 11.6. The lowest BCUT2D eigenvalue weighted by Crippen LogP contribution is -2.49. The Morgan fingerprint density at radius 2 is 2.04 bits per heavy atom. The van der Waals surface area contributed by atoms with Crippen molar-refractivity contribution in [2.45, 2.75) is 64.7 Å². The number of hydrogen-bond acceptors (Lipinski definition) is 1. The second-order valence-corrected chi connectivity index (χ2v) is 9.34. The Bertz CT molecular complexity index is 681. The highest BCUT2D eigenvalue weighted by Crippen LogP contribution is 2.66. The van der Waals surface area contributed by atoms with Gasteiger partial charge in [0.2, 0.25) is 0 Å². The van der Waals surface area contributed by atoms with Crippen LogP contribution in [0.1, 0.15) is 70.3 Å². The number of fused-ring (bicyclic) bond motifs is 5. The van der Waals surface area contributed by atoms with Crippen LogP contribution in [0.5, 0.6) is 0 Å². The molecular formula is C23H30O. The smallest absolute Gasteiger partial charge is 0.0940 e. The van der Waals surface area contributed by atoms with E-state index in [2.05, 4.69) is 38.1 Å². The van der Waals surface area contributed by atoms with Crippen molar-refractivity contribution in [3.63, 3.8) is 0 Å². The van der Waals surface area contributed by atoms with Crippen molar-refractivity contribution in [1.29, 1.82) is 0 Å². The molecule has 0 bridgehead atoms. The van der Waals surface area contributed by atoms with Crippen molar-refractivity contribution in [1.82, 2.24) is 0 Å². The van der Waals surface area contributed by atoms with Crippen molar-refractivity contribution < 1.29 is 4.42 Å². The van der Waals surface area contributed by atoms with E-state index in [1.54, 1.807) is 0 Å². The third kappa shape index (κ3) is 1.87. The monoisotopic (exact) mass is 322 g/mol. The third-order valence-corrected chi connectivity index (χ3v) is 8.45. The second-order valence-electron chi connectivity index (χ2n) is 9.34. The van der Waals surface area contributed by atoms with Gasteiger partial charge < -0.3 is 4.42 Å². The molecule has 0 unspecified atom stereocenters. The van der Waals surface area contributed by atoms with Crippen molar-refractivity contribution in [2.24, 2.45) is 28.6 Å². The van der Waals surface area contributed by atoms with E-state index >= 15 is 0 Å². The predicted octanol–water partition coefficient (Wildman–Crippen LogP) is 6.49. The number of furan rings is 1. The molecular weight excluding hydrogens is 292 g/mol. The van der Waals surface area contributed by atoms with Crippen molar-refractivity contribution in [2.75, 3.05) is 0 Å². The van der Waals surface area contributed by atoms with E-state index in [1.165, 1.54) is 50.5 Å². The van der Waals surface area contributed by atoms with Crippen LogP contribution in [0.4, 0.5) is 0 Å². The summed E-state index contributed by atoms with van der Waals surface area (Å²) >= 11 is 0. The van der Waals surface area contributed by atoms with Gasteiger partial charge in [-0.15, -0.1) is 0 Å². The summed E-state index contributed by atoms with van der Waals surface area (Å²) < 4.78 is 5.40. The SMILES string of the molecule is C[C@]12CC[C@H]3[C@@H](CCC4=CCCC[C@@]43C)[C@@H]1C=C[C@@H]2c1ccoc1. The van der Waals surface area contributed by atoms with Gasteiger partial charge in [0.15, 0.2) is 0 Å². The van der Waals surface area contributed by atoms with Gasteiger partial charge in [0.1, 0.15) is 0 Å². The maximum atomic E-state index is 5.40. The van der Waals surface area contributed by atoms with Gasteiger partial charge in [0, 0.05) is 5.92 Å². The molecule has 128 valence electrons. The van der Waals surface area contributed by atoms with Gasteiger partial charge in [-0.1, -0.05) is 37.6 Å². The van der Waals surface area contributed by atoms with Crippen molar-refractivity contribution >= 4 is 0 Å². The Morgan fingerprint density at radius 1 is 1.12 bits per heavy atom. The van der Waals surface area contributed by atoms with Crippen LogP contribution in [0.25, 0.3) is 0 Å². The Hall–Kier alpha value is -1.24.